The highest BCUT2D eigenvalue weighted by atomic mass is 19.4. The zero-order chi connectivity index (χ0) is 15.6. The molecule has 2 aromatic rings. The molecule has 0 bridgehead atoms. The number of benzene rings is 1. The Kier molecular flexibility index (Phi) is 3.93. The molecule has 21 heavy (non-hydrogen) atoms. The Labute approximate surface area is 119 Å². The molecule has 0 saturated carbocycles. The van der Waals surface area contributed by atoms with Crippen molar-refractivity contribution in [3.05, 3.63) is 58.0 Å². The van der Waals surface area contributed by atoms with Gasteiger partial charge >= 0.3 is 6.18 Å². The summed E-state index contributed by atoms with van der Waals surface area (Å²) in [4.78, 5) is 12.2. The third-order valence-corrected chi connectivity index (χ3v) is 3.05. The molecule has 0 amide bonds. The van der Waals surface area contributed by atoms with Gasteiger partial charge in [-0.2, -0.15) is 13.2 Å². The maximum atomic E-state index is 13.1. The van der Waals surface area contributed by atoms with Crippen molar-refractivity contribution in [2.75, 3.05) is 18.1 Å². The highest BCUT2D eigenvalue weighted by Gasteiger charge is 2.35. The summed E-state index contributed by atoms with van der Waals surface area (Å²) in [5, 5.41) is 2.54. The van der Waals surface area contributed by atoms with Crippen molar-refractivity contribution < 1.29 is 13.2 Å². The molecule has 1 aromatic heterocycles. The SMILES string of the molecule is CNc1c(N)cc(C(F)(F)F)n(Cc2ccccc2)c1=O. The smallest absolute Gasteiger partial charge is 0.397 e. The molecule has 0 unspecified atom stereocenters. The first-order valence-corrected chi connectivity index (χ1v) is 6.16. The van der Waals surface area contributed by atoms with Crippen molar-refractivity contribution >= 4 is 11.4 Å². The number of alkyl halides is 3. The lowest BCUT2D eigenvalue weighted by atomic mass is 10.2. The molecular weight excluding hydrogens is 283 g/mol. The van der Waals surface area contributed by atoms with Gasteiger partial charge in [-0.3, -0.25) is 9.36 Å². The average Bonchev–Trinajstić information content (AvgIpc) is 2.42. The van der Waals surface area contributed by atoms with Crippen molar-refractivity contribution in [2.24, 2.45) is 0 Å². The predicted octanol–water partition coefficient (Wildman–Crippen LogP) is 2.54. The normalized spacial score (nSPS) is 11.4. The number of nitrogens with two attached hydrogens (primary N) is 1. The highest BCUT2D eigenvalue weighted by Crippen LogP contribution is 2.31. The molecule has 0 aliphatic carbocycles. The van der Waals surface area contributed by atoms with E-state index in [1.165, 1.54) is 7.05 Å². The van der Waals surface area contributed by atoms with Crippen LogP contribution in [0.25, 0.3) is 0 Å². The van der Waals surface area contributed by atoms with Gasteiger partial charge in [-0.05, 0) is 11.6 Å². The minimum atomic E-state index is -4.66. The molecule has 7 heteroatoms. The molecule has 1 heterocycles. The molecule has 0 aliphatic heterocycles. The molecule has 0 saturated heterocycles. The van der Waals surface area contributed by atoms with Crippen LogP contribution in [0.5, 0.6) is 0 Å². The molecule has 0 atom stereocenters. The Balaban J connectivity index is 2.64. The number of hydrogen-bond donors (Lipinski definition) is 2. The first-order chi connectivity index (χ1) is 9.84. The molecular formula is C14H14F3N3O. The van der Waals surface area contributed by atoms with Gasteiger partial charge in [-0.1, -0.05) is 30.3 Å². The van der Waals surface area contributed by atoms with Crippen molar-refractivity contribution in [1.29, 1.82) is 0 Å². The van der Waals surface area contributed by atoms with Gasteiger partial charge in [0.15, 0.2) is 0 Å². The van der Waals surface area contributed by atoms with E-state index in [1.807, 2.05) is 0 Å². The zero-order valence-electron chi connectivity index (χ0n) is 11.2. The van der Waals surface area contributed by atoms with Crippen LogP contribution in [0, 0.1) is 0 Å². The predicted molar refractivity (Wildman–Crippen MR) is 75.2 cm³/mol. The maximum absolute atomic E-state index is 13.1. The fraction of sp³-hybridized carbons (Fsp3) is 0.214. The highest BCUT2D eigenvalue weighted by molar-refractivity contribution is 5.65. The second-order valence-electron chi connectivity index (χ2n) is 4.48. The molecule has 4 nitrogen and oxygen atoms in total. The Morgan fingerprint density at radius 2 is 1.86 bits per heavy atom. The van der Waals surface area contributed by atoms with Crippen LogP contribution in [0.2, 0.25) is 0 Å². The fourth-order valence-corrected chi connectivity index (χ4v) is 2.07. The Morgan fingerprint density at radius 3 is 2.38 bits per heavy atom. The van der Waals surface area contributed by atoms with Gasteiger partial charge in [-0.25, -0.2) is 0 Å². The largest absolute Gasteiger partial charge is 0.431 e. The summed E-state index contributed by atoms with van der Waals surface area (Å²) in [5.74, 6) is 0. The van der Waals surface area contributed by atoms with Crippen molar-refractivity contribution in [1.82, 2.24) is 4.57 Å². The van der Waals surface area contributed by atoms with Crippen LogP contribution in [0.1, 0.15) is 11.3 Å². The summed E-state index contributed by atoms with van der Waals surface area (Å²) in [5.41, 5.74) is 3.98. The monoisotopic (exact) mass is 297 g/mol. The van der Waals surface area contributed by atoms with E-state index in [1.54, 1.807) is 30.3 Å². The molecule has 2 rings (SSSR count). The van der Waals surface area contributed by atoms with E-state index in [4.69, 9.17) is 5.73 Å². The molecule has 0 fully saturated rings. The van der Waals surface area contributed by atoms with Crippen LogP contribution < -0.4 is 16.6 Å². The molecule has 1 aromatic carbocycles. The number of nitrogens with zero attached hydrogens (tertiary/aromatic N) is 1. The van der Waals surface area contributed by atoms with Gasteiger partial charge < -0.3 is 11.1 Å². The van der Waals surface area contributed by atoms with E-state index in [-0.39, 0.29) is 17.9 Å². The minimum absolute atomic E-state index is 0.0427. The minimum Gasteiger partial charge on any atom is -0.397 e. The van der Waals surface area contributed by atoms with Crippen LogP contribution in [0.4, 0.5) is 24.5 Å². The number of halogens is 3. The third-order valence-electron chi connectivity index (χ3n) is 3.05. The lowest BCUT2D eigenvalue weighted by Gasteiger charge is -2.18. The van der Waals surface area contributed by atoms with E-state index < -0.39 is 17.4 Å². The van der Waals surface area contributed by atoms with Gasteiger partial charge in [0.05, 0.1) is 12.2 Å². The summed E-state index contributed by atoms with van der Waals surface area (Å²) in [6, 6.07) is 9.23. The molecule has 0 aliphatic rings. The van der Waals surface area contributed by atoms with Crippen LogP contribution in [0.3, 0.4) is 0 Å². The molecule has 0 radical (unpaired) electrons. The van der Waals surface area contributed by atoms with Gasteiger partial charge in [0, 0.05) is 7.05 Å². The van der Waals surface area contributed by atoms with Gasteiger partial charge in [-0.15, -0.1) is 0 Å². The number of nitrogens with one attached hydrogen (secondary N) is 1. The number of aromatic nitrogens is 1. The van der Waals surface area contributed by atoms with E-state index >= 15 is 0 Å². The summed E-state index contributed by atoms with van der Waals surface area (Å²) in [7, 11) is 1.44. The van der Waals surface area contributed by atoms with Crippen LogP contribution in [-0.2, 0) is 12.7 Å². The summed E-state index contributed by atoms with van der Waals surface area (Å²) < 4.78 is 40.0. The zero-order valence-corrected chi connectivity index (χ0v) is 11.2. The molecule has 0 spiro atoms. The standard InChI is InChI=1S/C14H14F3N3O/c1-19-12-10(18)7-11(14(15,16)17)20(13(12)21)8-9-5-3-2-4-6-9/h2-7,19H,8,18H2,1H3. The van der Waals surface area contributed by atoms with Crippen molar-refractivity contribution in [3.63, 3.8) is 0 Å². The van der Waals surface area contributed by atoms with Crippen LogP contribution in [0.15, 0.2) is 41.2 Å². The van der Waals surface area contributed by atoms with E-state index in [9.17, 15) is 18.0 Å². The van der Waals surface area contributed by atoms with Gasteiger partial charge in [0.25, 0.3) is 5.56 Å². The first-order valence-electron chi connectivity index (χ1n) is 6.16. The Hall–Kier alpha value is -2.44. The molecule has 3 N–H and O–H groups in total. The van der Waals surface area contributed by atoms with Crippen molar-refractivity contribution in [3.8, 4) is 0 Å². The number of pyridine rings is 1. The number of anilines is 2. The van der Waals surface area contributed by atoms with Crippen LogP contribution in [-0.4, -0.2) is 11.6 Å². The quantitative estimate of drug-likeness (QED) is 0.915. The summed E-state index contributed by atoms with van der Waals surface area (Å²) in [6.07, 6.45) is -4.66. The second kappa shape index (κ2) is 5.51. The number of nitrogen functional groups attached to an aromatic ring is 1. The second-order valence-corrected chi connectivity index (χ2v) is 4.48. The van der Waals surface area contributed by atoms with E-state index in [2.05, 4.69) is 5.32 Å². The number of hydrogen-bond acceptors (Lipinski definition) is 3. The van der Waals surface area contributed by atoms with Gasteiger partial charge in [0.2, 0.25) is 0 Å². The van der Waals surface area contributed by atoms with E-state index in [0.717, 1.165) is 6.07 Å². The molecule has 112 valence electrons. The van der Waals surface area contributed by atoms with E-state index in [0.29, 0.717) is 10.1 Å². The summed E-state index contributed by atoms with van der Waals surface area (Å²) in [6.45, 7) is -0.177. The van der Waals surface area contributed by atoms with Crippen molar-refractivity contribution in [2.45, 2.75) is 12.7 Å². The summed E-state index contributed by atoms with van der Waals surface area (Å²) >= 11 is 0. The Morgan fingerprint density at radius 1 is 1.24 bits per heavy atom. The maximum Gasteiger partial charge on any atom is 0.431 e. The number of rotatable bonds is 3. The third kappa shape index (κ3) is 3.01. The Bertz CT molecular complexity index is 693. The lowest BCUT2D eigenvalue weighted by molar-refractivity contribution is -0.144. The average molecular weight is 297 g/mol. The first kappa shape index (κ1) is 15.0. The van der Waals surface area contributed by atoms with Gasteiger partial charge in [0.1, 0.15) is 11.4 Å². The fourth-order valence-electron chi connectivity index (χ4n) is 2.07. The topological polar surface area (TPSA) is 60.0 Å². The lowest BCUT2D eigenvalue weighted by Crippen LogP contribution is -2.31. The van der Waals surface area contributed by atoms with Crippen LogP contribution >= 0.6 is 0 Å².